The fraction of sp³-hybridized carbons (Fsp3) is 0.846. The topological polar surface area (TPSA) is 86.9 Å². The molecule has 19 heavy (non-hydrogen) atoms. The van der Waals surface area contributed by atoms with E-state index in [1.54, 1.807) is 4.90 Å². The van der Waals surface area contributed by atoms with Gasteiger partial charge in [0.15, 0.2) is 0 Å². The molecule has 0 aromatic heterocycles. The molecule has 1 saturated heterocycles. The average molecular weight is 271 g/mol. The van der Waals surface area contributed by atoms with Gasteiger partial charge in [0.1, 0.15) is 0 Å². The number of hydrogen-bond donors (Lipinski definition) is 2. The Bertz CT molecular complexity index is 322. The van der Waals surface area contributed by atoms with Gasteiger partial charge in [-0.1, -0.05) is 20.3 Å². The van der Waals surface area contributed by atoms with Gasteiger partial charge in [-0.05, 0) is 12.3 Å². The fourth-order valence-electron chi connectivity index (χ4n) is 2.25. The standard InChI is InChI=1S/C13H25N3O3/c1-3-10(2)12(14)13(19)16-6-4-5-15(7-8-16)9-11(17)18/h10,12H,3-9,14H2,1-2H3,(H,17,18)/t10-,12-/m0/s1. The second-order valence-electron chi connectivity index (χ2n) is 5.26. The molecule has 0 aromatic carbocycles. The fourth-order valence-corrected chi connectivity index (χ4v) is 2.25. The van der Waals surface area contributed by atoms with Crippen molar-refractivity contribution in [2.24, 2.45) is 11.7 Å². The maximum absolute atomic E-state index is 12.2. The number of aliphatic carboxylic acids is 1. The van der Waals surface area contributed by atoms with Crippen LogP contribution in [0.1, 0.15) is 26.7 Å². The number of carboxylic acids is 1. The Balaban J connectivity index is 2.52. The summed E-state index contributed by atoms with van der Waals surface area (Å²) in [7, 11) is 0. The van der Waals surface area contributed by atoms with Crippen molar-refractivity contribution in [1.82, 2.24) is 9.80 Å². The van der Waals surface area contributed by atoms with Crippen molar-refractivity contribution in [3.8, 4) is 0 Å². The highest BCUT2D eigenvalue weighted by Gasteiger charge is 2.26. The van der Waals surface area contributed by atoms with Crippen LogP contribution in [-0.2, 0) is 9.59 Å². The Morgan fingerprint density at radius 1 is 1.26 bits per heavy atom. The van der Waals surface area contributed by atoms with Crippen LogP contribution in [0.25, 0.3) is 0 Å². The number of carbonyl (C=O) groups is 2. The molecule has 0 radical (unpaired) electrons. The molecule has 110 valence electrons. The molecule has 6 heteroatoms. The summed E-state index contributed by atoms with van der Waals surface area (Å²) in [4.78, 5) is 26.6. The van der Waals surface area contributed by atoms with Crippen molar-refractivity contribution in [2.75, 3.05) is 32.7 Å². The molecule has 0 bridgehead atoms. The zero-order valence-corrected chi connectivity index (χ0v) is 11.8. The first kappa shape index (κ1) is 15.9. The van der Waals surface area contributed by atoms with Gasteiger partial charge in [-0.3, -0.25) is 14.5 Å². The Labute approximate surface area is 114 Å². The van der Waals surface area contributed by atoms with Crippen molar-refractivity contribution in [1.29, 1.82) is 0 Å². The van der Waals surface area contributed by atoms with E-state index in [4.69, 9.17) is 10.8 Å². The normalized spacial score (nSPS) is 20.7. The number of carboxylic acid groups (broad SMARTS) is 1. The van der Waals surface area contributed by atoms with Crippen molar-refractivity contribution in [3.63, 3.8) is 0 Å². The van der Waals surface area contributed by atoms with E-state index in [0.29, 0.717) is 26.2 Å². The zero-order valence-electron chi connectivity index (χ0n) is 11.8. The van der Waals surface area contributed by atoms with E-state index < -0.39 is 12.0 Å². The van der Waals surface area contributed by atoms with Crippen molar-refractivity contribution in [2.45, 2.75) is 32.7 Å². The van der Waals surface area contributed by atoms with Crippen LogP contribution < -0.4 is 5.73 Å². The average Bonchev–Trinajstić information content (AvgIpc) is 2.61. The summed E-state index contributed by atoms with van der Waals surface area (Å²) in [6.45, 7) is 6.60. The van der Waals surface area contributed by atoms with Gasteiger partial charge in [0.25, 0.3) is 0 Å². The molecule has 0 aromatic rings. The third-order valence-corrected chi connectivity index (χ3v) is 3.80. The van der Waals surface area contributed by atoms with Gasteiger partial charge in [0.2, 0.25) is 5.91 Å². The maximum Gasteiger partial charge on any atom is 0.317 e. The molecule has 0 aliphatic carbocycles. The highest BCUT2D eigenvalue weighted by atomic mass is 16.4. The lowest BCUT2D eigenvalue weighted by atomic mass is 9.99. The van der Waals surface area contributed by atoms with Gasteiger partial charge in [-0.2, -0.15) is 0 Å². The maximum atomic E-state index is 12.2. The van der Waals surface area contributed by atoms with Crippen molar-refractivity contribution < 1.29 is 14.7 Å². The van der Waals surface area contributed by atoms with Gasteiger partial charge < -0.3 is 15.7 Å². The van der Waals surface area contributed by atoms with Crippen molar-refractivity contribution in [3.05, 3.63) is 0 Å². The van der Waals surface area contributed by atoms with Crippen LogP contribution in [0.5, 0.6) is 0 Å². The molecule has 2 atom stereocenters. The van der Waals surface area contributed by atoms with Crippen LogP contribution in [-0.4, -0.2) is 65.5 Å². The molecule has 0 spiro atoms. The highest BCUT2D eigenvalue weighted by Crippen LogP contribution is 2.11. The summed E-state index contributed by atoms with van der Waals surface area (Å²) in [5.74, 6) is -0.659. The molecular formula is C13H25N3O3. The molecule has 1 aliphatic rings. The van der Waals surface area contributed by atoms with Gasteiger partial charge in [-0.25, -0.2) is 0 Å². The Hall–Kier alpha value is -1.14. The molecule has 1 aliphatic heterocycles. The molecule has 1 fully saturated rings. The summed E-state index contributed by atoms with van der Waals surface area (Å²) in [5, 5.41) is 8.78. The number of nitrogens with two attached hydrogens (primary N) is 1. The number of hydrogen-bond acceptors (Lipinski definition) is 4. The molecular weight excluding hydrogens is 246 g/mol. The molecule has 0 saturated carbocycles. The van der Waals surface area contributed by atoms with E-state index in [-0.39, 0.29) is 18.4 Å². The van der Waals surface area contributed by atoms with Crippen LogP contribution in [0.2, 0.25) is 0 Å². The molecule has 0 unspecified atom stereocenters. The van der Waals surface area contributed by atoms with E-state index in [2.05, 4.69) is 0 Å². The first-order valence-corrected chi connectivity index (χ1v) is 6.94. The summed E-state index contributed by atoms with van der Waals surface area (Å²) < 4.78 is 0. The summed E-state index contributed by atoms with van der Waals surface area (Å²) in [6.07, 6.45) is 1.68. The van der Waals surface area contributed by atoms with Gasteiger partial charge in [-0.15, -0.1) is 0 Å². The number of nitrogens with zero attached hydrogens (tertiary/aromatic N) is 2. The molecule has 6 nitrogen and oxygen atoms in total. The second-order valence-corrected chi connectivity index (χ2v) is 5.26. The minimum absolute atomic E-state index is 0.00785. The van der Waals surface area contributed by atoms with Crippen LogP contribution in [0.15, 0.2) is 0 Å². The minimum Gasteiger partial charge on any atom is -0.480 e. The second kappa shape index (κ2) is 7.45. The third-order valence-electron chi connectivity index (χ3n) is 3.80. The summed E-state index contributed by atoms with van der Waals surface area (Å²) >= 11 is 0. The summed E-state index contributed by atoms with van der Waals surface area (Å²) in [6, 6.07) is -0.448. The van der Waals surface area contributed by atoms with E-state index in [9.17, 15) is 9.59 Å². The minimum atomic E-state index is -0.823. The van der Waals surface area contributed by atoms with E-state index >= 15 is 0 Å². The first-order chi connectivity index (χ1) is 8.95. The van der Waals surface area contributed by atoms with Gasteiger partial charge >= 0.3 is 5.97 Å². The SMILES string of the molecule is CC[C@H](C)[C@H](N)C(=O)N1CCCN(CC(=O)O)CC1. The van der Waals surface area contributed by atoms with Crippen LogP contribution in [0, 0.1) is 5.92 Å². The van der Waals surface area contributed by atoms with E-state index in [0.717, 1.165) is 12.8 Å². The lowest BCUT2D eigenvalue weighted by molar-refractivity contribution is -0.138. The highest BCUT2D eigenvalue weighted by molar-refractivity contribution is 5.82. The third kappa shape index (κ3) is 4.80. The quantitative estimate of drug-likeness (QED) is 0.734. The Morgan fingerprint density at radius 3 is 2.53 bits per heavy atom. The van der Waals surface area contributed by atoms with Crippen LogP contribution in [0.3, 0.4) is 0 Å². The summed E-state index contributed by atoms with van der Waals surface area (Å²) in [5.41, 5.74) is 5.97. The predicted molar refractivity (Wildman–Crippen MR) is 72.7 cm³/mol. The van der Waals surface area contributed by atoms with Gasteiger partial charge in [0, 0.05) is 26.2 Å². The lowest BCUT2D eigenvalue weighted by Gasteiger charge is -2.27. The van der Waals surface area contributed by atoms with E-state index in [1.165, 1.54) is 0 Å². The Kier molecular flexibility index (Phi) is 6.24. The lowest BCUT2D eigenvalue weighted by Crippen LogP contribution is -2.48. The molecule has 1 rings (SSSR count). The largest absolute Gasteiger partial charge is 0.480 e. The Morgan fingerprint density at radius 2 is 1.95 bits per heavy atom. The smallest absolute Gasteiger partial charge is 0.317 e. The van der Waals surface area contributed by atoms with E-state index in [1.807, 2.05) is 18.7 Å². The van der Waals surface area contributed by atoms with Crippen LogP contribution >= 0.6 is 0 Å². The van der Waals surface area contributed by atoms with Crippen molar-refractivity contribution >= 4 is 11.9 Å². The molecule has 1 amide bonds. The number of amides is 1. The van der Waals surface area contributed by atoms with Crippen LogP contribution in [0.4, 0.5) is 0 Å². The monoisotopic (exact) mass is 271 g/mol. The molecule has 3 N–H and O–H groups in total. The molecule has 1 heterocycles. The predicted octanol–water partition coefficient (Wildman–Crippen LogP) is -0.0213. The number of carbonyl (C=O) groups excluding carboxylic acids is 1. The zero-order chi connectivity index (χ0) is 14.4. The van der Waals surface area contributed by atoms with Gasteiger partial charge in [0.05, 0.1) is 12.6 Å². The number of rotatable bonds is 5. The first-order valence-electron chi connectivity index (χ1n) is 6.94.